The lowest BCUT2D eigenvalue weighted by Crippen LogP contribution is -2.42. The number of nitrogens with one attached hydrogen (secondary N) is 3. The Morgan fingerprint density at radius 2 is 1.88 bits per heavy atom. The maximum Gasteiger partial charge on any atom is 0.220 e. The van der Waals surface area contributed by atoms with Crippen molar-refractivity contribution in [1.82, 2.24) is 16.0 Å². The van der Waals surface area contributed by atoms with Crippen LogP contribution in [0.4, 0.5) is 0 Å². The van der Waals surface area contributed by atoms with Crippen molar-refractivity contribution >= 4 is 35.8 Å². The van der Waals surface area contributed by atoms with E-state index in [0.29, 0.717) is 25.0 Å². The molecule has 1 amide bonds. The molecule has 0 radical (unpaired) electrons. The minimum atomic E-state index is 0. The summed E-state index contributed by atoms with van der Waals surface area (Å²) >= 11 is 0. The van der Waals surface area contributed by atoms with Crippen molar-refractivity contribution in [1.29, 1.82) is 0 Å². The zero-order valence-electron chi connectivity index (χ0n) is 15.9. The van der Waals surface area contributed by atoms with Crippen molar-refractivity contribution < 1.29 is 4.79 Å². The molecule has 1 aliphatic rings. The third kappa shape index (κ3) is 12.8. The van der Waals surface area contributed by atoms with Crippen molar-refractivity contribution in [2.45, 2.75) is 84.7 Å². The predicted octanol–water partition coefficient (Wildman–Crippen LogP) is 3.43. The van der Waals surface area contributed by atoms with Crippen LogP contribution in [0.3, 0.4) is 0 Å². The van der Waals surface area contributed by atoms with Crippen LogP contribution in [0, 0.1) is 5.92 Å². The van der Waals surface area contributed by atoms with E-state index in [-0.39, 0.29) is 29.9 Å². The van der Waals surface area contributed by atoms with Gasteiger partial charge in [-0.25, -0.2) is 0 Å². The van der Waals surface area contributed by atoms with E-state index in [4.69, 9.17) is 0 Å². The summed E-state index contributed by atoms with van der Waals surface area (Å²) in [6.45, 7) is 10.4. The van der Waals surface area contributed by atoms with Crippen molar-refractivity contribution in [2.24, 2.45) is 10.9 Å². The second-order valence-corrected chi connectivity index (χ2v) is 7.08. The van der Waals surface area contributed by atoms with E-state index in [1.165, 1.54) is 12.8 Å². The standard InChI is InChI=1S/C18H36N4O.HI/c1-5-19-18(21-15(4)9-6-8-14(2)3)20-13-7-10-17(23)22-16-11-12-16;/h14-16H,5-13H2,1-4H3,(H,22,23)(H2,19,20,21);1H. The van der Waals surface area contributed by atoms with E-state index in [1.54, 1.807) is 0 Å². The average Bonchev–Trinajstić information content (AvgIpc) is 3.27. The van der Waals surface area contributed by atoms with Gasteiger partial charge in [-0.1, -0.05) is 26.7 Å². The van der Waals surface area contributed by atoms with Gasteiger partial charge in [-0.3, -0.25) is 9.79 Å². The highest BCUT2D eigenvalue weighted by Gasteiger charge is 2.22. The first-order chi connectivity index (χ1) is 11.0. The molecule has 142 valence electrons. The highest BCUT2D eigenvalue weighted by atomic mass is 127. The molecule has 6 heteroatoms. The van der Waals surface area contributed by atoms with Crippen LogP contribution in [-0.2, 0) is 4.79 Å². The van der Waals surface area contributed by atoms with Crippen molar-refractivity contribution in [2.75, 3.05) is 13.1 Å². The van der Waals surface area contributed by atoms with Crippen LogP contribution in [0.5, 0.6) is 0 Å². The summed E-state index contributed by atoms with van der Waals surface area (Å²) in [4.78, 5) is 16.2. The Morgan fingerprint density at radius 1 is 1.17 bits per heavy atom. The molecule has 5 nitrogen and oxygen atoms in total. The van der Waals surface area contributed by atoms with E-state index in [9.17, 15) is 4.79 Å². The molecule has 0 spiro atoms. The van der Waals surface area contributed by atoms with Crippen molar-refractivity contribution in [3.63, 3.8) is 0 Å². The molecule has 3 N–H and O–H groups in total. The van der Waals surface area contributed by atoms with Gasteiger partial charge in [-0.2, -0.15) is 0 Å². The molecular formula is C18H37IN4O. The first kappa shape index (κ1) is 23.5. The van der Waals surface area contributed by atoms with E-state index in [1.807, 2.05) is 0 Å². The van der Waals surface area contributed by atoms with Gasteiger partial charge < -0.3 is 16.0 Å². The number of amides is 1. The molecule has 0 aromatic carbocycles. The Hall–Kier alpha value is -0.530. The molecule has 0 bridgehead atoms. The van der Waals surface area contributed by atoms with Gasteiger partial charge in [0.1, 0.15) is 0 Å². The lowest BCUT2D eigenvalue weighted by Gasteiger charge is -2.18. The Morgan fingerprint density at radius 3 is 2.46 bits per heavy atom. The van der Waals surface area contributed by atoms with Crippen LogP contribution in [0.25, 0.3) is 0 Å². The lowest BCUT2D eigenvalue weighted by atomic mass is 10.0. The van der Waals surface area contributed by atoms with Gasteiger partial charge in [0.15, 0.2) is 5.96 Å². The lowest BCUT2D eigenvalue weighted by molar-refractivity contribution is -0.121. The monoisotopic (exact) mass is 452 g/mol. The second-order valence-electron chi connectivity index (χ2n) is 7.08. The molecule has 1 fully saturated rings. The third-order valence-corrected chi connectivity index (χ3v) is 3.92. The minimum absolute atomic E-state index is 0. The second kappa shape index (κ2) is 13.7. The topological polar surface area (TPSA) is 65.5 Å². The van der Waals surface area contributed by atoms with Gasteiger partial charge in [0.2, 0.25) is 5.91 Å². The molecule has 0 aromatic heterocycles. The minimum Gasteiger partial charge on any atom is -0.357 e. The molecule has 1 saturated carbocycles. The number of hydrogen-bond acceptors (Lipinski definition) is 2. The van der Waals surface area contributed by atoms with E-state index < -0.39 is 0 Å². The number of halogens is 1. The van der Waals surface area contributed by atoms with Crippen molar-refractivity contribution in [3.8, 4) is 0 Å². The molecule has 1 atom stereocenters. The van der Waals surface area contributed by atoms with Crippen LogP contribution in [-0.4, -0.2) is 37.0 Å². The van der Waals surface area contributed by atoms with Crippen LogP contribution in [0.15, 0.2) is 4.99 Å². The maximum atomic E-state index is 11.6. The molecule has 0 heterocycles. The molecule has 0 aromatic rings. The average molecular weight is 452 g/mol. The number of nitrogens with zero attached hydrogens (tertiary/aromatic N) is 1. The third-order valence-electron chi connectivity index (χ3n) is 3.92. The Bertz CT molecular complexity index is 370. The SMILES string of the molecule is CCNC(=NCCCC(=O)NC1CC1)NC(C)CCCC(C)C.I. The Labute approximate surface area is 165 Å². The molecular weight excluding hydrogens is 415 g/mol. The molecule has 1 rings (SSSR count). The quantitative estimate of drug-likeness (QED) is 0.195. The van der Waals surface area contributed by atoms with Gasteiger partial charge in [-0.15, -0.1) is 24.0 Å². The van der Waals surface area contributed by atoms with E-state index in [2.05, 4.69) is 48.6 Å². The normalized spacial score (nSPS) is 15.6. The molecule has 1 unspecified atom stereocenters. The summed E-state index contributed by atoms with van der Waals surface area (Å²) in [5.74, 6) is 1.81. The summed E-state index contributed by atoms with van der Waals surface area (Å²) in [6.07, 6.45) is 7.34. The number of carbonyl (C=O) groups is 1. The van der Waals surface area contributed by atoms with E-state index >= 15 is 0 Å². The molecule has 0 saturated heterocycles. The van der Waals surface area contributed by atoms with Crippen LogP contribution in [0.2, 0.25) is 0 Å². The summed E-state index contributed by atoms with van der Waals surface area (Å²) in [7, 11) is 0. The van der Waals surface area contributed by atoms with Crippen LogP contribution < -0.4 is 16.0 Å². The fourth-order valence-electron chi connectivity index (χ4n) is 2.42. The largest absolute Gasteiger partial charge is 0.357 e. The molecule has 0 aliphatic heterocycles. The fraction of sp³-hybridized carbons (Fsp3) is 0.889. The number of aliphatic imine (C=N–C) groups is 1. The first-order valence-electron chi connectivity index (χ1n) is 9.35. The number of rotatable bonds is 11. The summed E-state index contributed by atoms with van der Waals surface area (Å²) < 4.78 is 0. The zero-order chi connectivity index (χ0) is 17.1. The van der Waals surface area contributed by atoms with E-state index in [0.717, 1.165) is 44.1 Å². The highest BCUT2D eigenvalue weighted by molar-refractivity contribution is 14.0. The number of carbonyl (C=O) groups excluding carboxylic acids is 1. The zero-order valence-corrected chi connectivity index (χ0v) is 18.2. The van der Waals surface area contributed by atoms with Crippen LogP contribution >= 0.6 is 24.0 Å². The van der Waals surface area contributed by atoms with Gasteiger partial charge >= 0.3 is 0 Å². The van der Waals surface area contributed by atoms with Gasteiger partial charge in [0, 0.05) is 31.6 Å². The van der Waals surface area contributed by atoms with Crippen LogP contribution in [0.1, 0.15) is 72.6 Å². The molecule has 24 heavy (non-hydrogen) atoms. The fourth-order valence-corrected chi connectivity index (χ4v) is 2.42. The summed E-state index contributed by atoms with van der Waals surface area (Å²) in [6, 6.07) is 0.876. The number of guanidine groups is 1. The number of hydrogen-bond donors (Lipinski definition) is 3. The van der Waals surface area contributed by atoms with Gasteiger partial charge in [-0.05, 0) is 45.4 Å². The first-order valence-corrected chi connectivity index (χ1v) is 9.35. The summed E-state index contributed by atoms with van der Waals surface area (Å²) in [5, 5.41) is 9.75. The smallest absolute Gasteiger partial charge is 0.220 e. The Balaban J connectivity index is 0.00000529. The van der Waals surface area contributed by atoms with Gasteiger partial charge in [0.05, 0.1) is 0 Å². The molecule has 1 aliphatic carbocycles. The maximum absolute atomic E-state index is 11.6. The Kier molecular flexibility index (Phi) is 13.4. The predicted molar refractivity (Wildman–Crippen MR) is 113 cm³/mol. The highest BCUT2D eigenvalue weighted by Crippen LogP contribution is 2.18. The van der Waals surface area contributed by atoms with Crippen molar-refractivity contribution in [3.05, 3.63) is 0 Å². The summed E-state index contributed by atoms with van der Waals surface area (Å²) in [5.41, 5.74) is 0. The van der Waals surface area contributed by atoms with Gasteiger partial charge in [0.25, 0.3) is 0 Å².